The van der Waals surface area contributed by atoms with E-state index < -0.39 is 0 Å². The summed E-state index contributed by atoms with van der Waals surface area (Å²) in [7, 11) is 0. The lowest BCUT2D eigenvalue weighted by Crippen LogP contribution is -2.50. The highest BCUT2D eigenvalue weighted by Gasteiger charge is 2.25. The molecule has 3 aromatic rings. The van der Waals surface area contributed by atoms with E-state index in [4.69, 9.17) is 0 Å². The molecule has 0 bridgehead atoms. The van der Waals surface area contributed by atoms with Crippen molar-refractivity contribution in [3.05, 3.63) is 52.5 Å². The van der Waals surface area contributed by atoms with Crippen molar-refractivity contribution in [2.24, 2.45) is 0 Å². The first kappa shape index (κ1) is 15.8. The monoisotopic (exact) mass is 354 g/mol. The van der Waals surface area contributed by atoms with Gasteiger partial charge in [0.1, 0.15) is 0 Å². The fraction of sp³-hybridized carbons (Fsp3) is 0.278. The van der Waals surface area contributed by atoms with Gasteiger partial charge in [-0.15, -0.1) is 11.3 Å². The van der Waals surface area contributed by atoms with Crippen LogP contribution in [-0.2, 0) is 11.2 Å². The summed E-state index contributed by atoms with van der Waals surface area (Å²) in [6.45, 7) is 2.34. The number of carbonyl (C=O) groups excluding carboxylic acids is 2. The molecule has 4 rings (SSSR count). The maximum Gasteiger partial charge on any atom is 0.264 e. The Bertz CT molecular complexity index is 895. The normalized spacial score (nSPS) is 14.9. The minimum Gasteiger partial charge on any atom is -0.345 e. The van der Waals surface area contributed by atoms with Gasteiger partial charge in [-0.2, -0.15) is 0 Å². The predicted molar refractivity (Wildman–Crippen MR) is 96.6 cm³/mol. The zero-order valence-electron chi connectivity index (χ0n) is 13.6. The van der Waals surface area contributed by atoms with Crippen LogP contribution in [0.1, 0.15) is 15.2 Å². The SMILES string of the molecule is O=C(Cc1ccc2nc[nH]c2c1)N1CCN(C(=O)c2cccs2)CC1. The Hall–Kier alpha value is -2.67. The summed E-state index contributed by atoms with van der Waals surface area (Å²) in [6.07, 6.45) is 2.02. The summed E-state index contributed by atoms with van der Waals surface area (Å²) in [5.74, 6) is 0.161. The predicted octanol–water partition coefficient (Wildman–Crippen LogP) is 2.15. The van der Waals surface area contributed by atoms with Gasteiger partial charge in [-0.3, -0.25) is 9.59 Å². The van der Waals surface area contributed by atoms with Gasteiger partial charge >= 0.3 is 0 Å². The lowest BCUT2D eigenvalue weighted by Gasteiger charge is -2.34. The first-order chi connectivity index (χ1) is 12.2. The van der Waals surface area contributed by atoms with Gasteiger partial charge in [-0.05, 0) is 29.1 Å². The second kappa shape index (κ2) is 6.68. The van der Waals surface area contributed by atoms with E-state index in [0.717, 1.165) is 21.5 Å². The van der Waals surface area contributed by atoms with Crippen LogP contribution in [0.5, 0.6) is 0 Å². The molecule has 0 saturated carbocycles. The standard InChI is InChI=1S/C18H18N4O2S/c23-17(11-13-3-4-14-15(10-13)20-12-19-14)21-5-7-22(8-6-21)18(24)16-2-1-9-25-16/h1-4,9-10,12H,5-8,11H2,(H,19,20). The molecule has 0 atom stereocenters. The van der Waals surface area contributed by atoms with Crippen molar-refractivity contribution in [2.45, 2.75) is 6.42 Å². The highest BCUT2D eigenvalue weighted by Crippen LogP contribution is 2.16. The average Bonchev–Trinajstić information content (AvgIpc) is 3.32. The first-order valence-corrected chi connectivity index (χ1v) is 9.11. The number of amides is 2. The molecule has 2 amide bonds. The summed E-state index contributed by atoms with van der Waals surface area (Å²) in [5.41, 5.74) is 2.81. The quantitative estimate of drug-likeness (QED) is 0.784. The molecular formula is C18H18N4O2S. The summed E-state index contributed by atoms with van der Waals surface area (Å²) >= 11 is 1.46. The van der Waals surface area contributed by atoms with Gasteiger partial charge in [0, 0.05) is 26.2 Å². The van der Waals surface area contributed by atoms with Gasteiger partial charge in [0.2, 0.25) is 5.91 Å². The number of nitrogens with one attached hydrogen (secondary N) is 1. The molecule has 25 heavy (non-hydrogen) atoms. The Labute approximate surface area is 149 Å². The number of hydrogen-bond donors (Lipinski definition) is 1. The van der Waals surface area contributed by atoms with Crippen LogP contribution in [0.25, 0.3) is 11.0 Å². The van der Waals surface area contributed by atoms with Crippen LogP contribution in [-0.4, -0.2) is 57.8 Å². The average molecular weight is 354 g/mol. The number of rotatable bonds is 3. The summed E-state index contributed by atoms with van der Waals surface area (Å²) in [4.78, 5) is 36.6. The molecule has 1 N–H and O–H groups in total. The molecule has 2 aromatic heterocycles. The van der Waals surface area contributed by atoms with Gasteiger partial charge < -0.3 is 14.8 Å². The maximum atomic E-state index is 12.5. The van der Waals surface area contributed by atoms with Crippen LogP contribution in [0.3, 0.4) is 0 Å². The number of hydrogen-bond acceptors (Lipinski definition) is 4. The Morgan fingerprint density at radius 1 is 1.12 bits per heavy atom. The van der Waals surface area contributed by atoms with E-state index in [0.29, 0.717) is 32.6 Å². The van der Waals surface area contributed by atoms with Gasteiger partial charge in [-0.1, -0.05) is 12.1 Å². The molecule has 0 radical (unpaired) electrons. The third-order valence-electron chi connectivity index (χ3n) is 4.49. The second-order valence-electron chi connectivity index (χ2n) is 6.08. The highest BCUT2D eigenvalue weighted by atomic mass is 32.1. The van der Waals surface area contributed by atoms with Crippen molar-refractivity contribution in [3.8, 4) is 0 Å². The van der Waals surface area contributed by atoms with Crippen LogP contribution in [0.15, 0.2) is 42.0 Å². The Morgan fingerprint density at radius 2 is 1.92 bits per heavy atom. The molecule has 6 nitrogen and oxygen atoms in total. The minimum absolute atomic E-state index is 0.0618. The Kier molecular flexibility index (Phi) is 4.23. The number of aromatic amines is 1. The fourth-order valence-electron chi connectivity index (χ4n) is 3.09. The zero-order chi connectivity index (χ0) is 17.2. The molecule has 128 valence electrons. The number of H-pyrrole nitrogens is 1. The first-order valence-electron chi connectivity index (χ1n) is 8.23. The van der Waals surface area contributed by atoms with Crippen molar-refractivity contribution in [1.29, 1.82) is 0 Å². The Balaban J connectivity index is 1.35. The molecule has 7 heteroatoms. The van der Waals surface area contributed by atoms with Crippen LogP contribution in [0, 0.1) is 0 Å². The number of benzene rings is 1. The number of thiophene rings is 1. The van der Waals surface area contributed by atoms with Crippen LogP contribution in [0.2, 0.25) is 0 Å². The van der Waals surface area contributed by atoms with Crippen LogP contribution in [0.4, 0.5) is 0 Å². The third-order valence-corrected chi connectivity index (χ3v) is 5.35. The fourth-order valence-corrected chi connectivity index (χ4v) is 3.78. The van der Waals surface area contributed by atoms with Crippen LogP contribution < -0.4 is 0 Å². The zero-order valence-corrected chi connectivity index (χ0v) is 14.5. The lowest BCUT2D eigenvalue weighted by atomic mass is 10.1. The van der Waals surface area contributed by atoms with Gasteiger partial charge in [-0.25, -0.2) is 4.98 Å². The second-order valence-corrected chi connectivity index (χ2v) is 7.03. The molecule has 1 aromatic carbocycles. The molecule has 1 saturated heterocycles. The van der Waals surface area contributed by atoms with Crippen molar-refractivity contribution < 1.29 is 9.59 Å². The number of carbonyl (C=O) groups is 2. The molecule has 1 aliphatic rings. The van der Waals surface area contributed by atoms with Crippen molar-refractivity contribution in [1.82, 2.24) is 19.8 Å². The van der Waals surface area contributed by atoms with E-state index in [1.54, 1.807) is 6.33 Å². The number of fused-ring (bicyclic) bond motifs is 1. The van der Waals surface area contributed by atoms with Crippen LogP contribution >= 0.6 is 11.3 Å². The maximum absolute atomic E-state index is 12.5. The molecular weight excluding hydrogens is 336 g/mol. The molecule has 0 spiro atoms. The van der Waals surface area contributed by atoms with Gasteiger partial charge in [0.25, 0.3) is 5.91 Å². The third kappa shape index (κ3) is 3.28. The van der Waals surface area contributed by atoms with Crippen molar-refractivity contribution in [2.75, 3.05) is 26.2 Å². The summed E-state index contributed by atoms with van der Waals surface area (Å²) in [6, 6.07) is 9.56. The lowest BCUT2D eigenvalue weighted by molar-refractivity contribution is -0.131. The van der Waals surface area contributed by atoms with Gasteiger partial charge in [0.15, 0.2) is 0 Å². The largest absolute Gasteiger partial charge is 0.345 e. The molecule has 0 unspecified atom stereocenters. The minimum atomic E-state index is 0.0618. The summed E-state index contributed by atoms with van der Waals surface area (Å²) in [5, 5.41) is 1.91. The topological polar surface area (TPSA) is 69.3 Å². The molecule has 1 aliphatic heterocycles. The Morgan fingerprint density at radius 3 is 2.68 bits per heavy atom. The van der Waals surface area contributed by atoms with E-state index in [1.807, 2.05) is 45.5 Å². The van der Waals surface area contributed by atoms with E-state index in [1.165, 1.54) is 11.3 Å². The van der Waals surface area contributed by atoms with E-state index in [-0.39, 0.29) is 11.8 Å². The molecule has 3 heterocycles. The number of piperazine rings is 1. The smallest absolute Gasteiger partial charge is 0.264 e. The van der Waals surface area contributed by atoms with Gasteiger partial charge in [0.05, 0.1) is 28.7 Å². The highest BCUT2D eigenvalue weighted by molar-refractivity contribution is 7.12. The van der Waals surface area contributed by atoms with Crippen molar-refractivity contribution in [3.63, 3.8) is 0 Å². The summed E-state index contributed by atoms with van der Waals surface area (Å²) < 4.78 is 0. The molecule has 1 fully saturated rings. The van der Waals surface area contributed by atoms with E-state index >= 15 is 0 Å². The number of nitrogens with zero attached hydrogens (tertiary/aromatic N) is 3. The van der Waals surface area contributed by atoms with E-state index in [9.17, 15) is 9.59 Å². The van der Waals surface area contributed by atoms with Crippen molar-refractivity contribution >= 4 is 34.2 Å². The number of imidazole rings is 1. The van der Waals surface area contributed by atoms with E-state index in [2.05, 4.69) is 9.97 Å². The number of aromatic nitrogens is 2. The molecule has 0 aliphatic carbocycles.